The Morgan fingerprint density at radius 3 is 2.35 bits per heavy atom. The second-order valence-corrected chi connectivity index (χ2v) is 5.45. The highest BCUT2D eigenvalue weighted by molar-refractivity contribution is 5.57. The molecule has 1 heterocycles. The van der Waals surface area contributed by atoms with Gasteiger partial charge in [0.15, 0.2) is 12.4 Å². The summed E-state index contributed by atoms with van der Waals surface area (Å²) in [6, 6.07) is 0. The minimum absolute atomic E-state index is 0.226. The van der Waals surface area contributed by atoms with E-state index in [9.17, 15) is 4.79 Å². The molecule has 2 fully saturated rings. The van der Waals surface area contributed by atoms with Crippen molar-refractivity contribution in [3.8, 4) is 0 Å². The van der Waals surface area contributed by atoms with Gasteiger partial charge in [-0.15, -0.1) is 0 Å². The molecular weight excluding hydrogens is 264 g/mol. The van der Waals surface area contributed by atoms with Crippen molar-refractivity contribution >= 4 is 6.16 Å². The van der Waals surface area contributed by atoms with Gasteiger partial charge in [0.2, 0.25) is 0 Å². The molecule has 0 bridgehead atoms. The van der Waals surface area contributed by atoms with E-state index in [2.05, 4.69) is 11.7 Å². The van der Waals surface area contributed by atoms with Crippen LogP contribution in [0.15, 0.2) is 0 Å². The van der Waals surface area contributed by atoms with E-state index in [1.54, 1.807) is 0 Å². The molecular formula is C14H24O6. The van der Waals surface area contributed by atoms with Crippen molar-refractivity contribution in [1.82, 2.24) is 0 Å². The van der Waals surface area contributed by atoms with Crippen LogP contribution in [-0.2, 0) is 18.9 Å². The topological polar surface area (TPSA) is 74.2 Å². The molecule has 0 aromatic rings. The van der Waals surface area contributed by atoms with Gasteiger partial charge >= 0.3 is 6.16 Å². The molecule has 0 atom stereocenters. The molecule has 2 aliphatic rings. The molecule has 1 N–H and O–H groups in total. The van der Waals surface area contributed by atoms with Crippen molar-refractivity contribution < 1.29 is 28.8 Å². The maximum absolute atomic E-state index is 10.4. The molecule has 0 aromatic carbocycles. The van der Waals surface area contributed by atoms with Crippen LogP contribution in [0.2, 0.25) is 0 Å². The van der Waals surface area contributed by atoms with E-state index in [0.717, 1.165) is 38.7 Å². The predicted molar refractivity (Wildman–Crippen MR) is 70.6 cm³/mol. The average molecular weight is 288 g/mol. The SMILES string of the molecule is CCCOC1CCC(C2OCC(OC(=O)O)CO2)CC1. The Balaban J connectivity index is 1.66. The number of carboxylic acid groups (broad SMARTS) is 1. The van der Waals surface area contributed by atoms with E-state index >= 15 is 0 Å². The van der Waals surface area contributed by atoms with E-state index in [1.165, 1.54) is 0 Å². The van der Waals surface area contributed by atoms with Crippen LogP contribution in [0.5, 0.6) is 0 Å². The smallest absolute Gasteiger partial charge is 0.450 e. The third-order valence-electron chi connectivity index (χ3n) is 3.82. The maximum Gasteiger partial charge on any atom is 0.506 e. The highest BCUT2D eigenvalue weighted by Crippen LogP contribution is 2.31. The Bertz CT molecular complexity index is 292. The summed E-state index contributed by atoms with van der Waals surface area (Å²) in [6.07, 6.45) is 3.56. The lowest BCUT2D eigenvalue weighted by atomic mass is 9.86. The molecule has 0 radical (unpaired) electrons. The van der Waals surface area contributed by atoms with Gasteiger partial charge in [-0.3, -0.25) is 0 Å². The van der Waals surface area contributed by atoms with Crippen LogP contribution in [-0.4, -0.2) is 49.6 Å². The Hall–Kier alpha value is -0.850. The van der Waals surface area contributed by atoms with E-state index in [1.807, 2.05) is 0 Å². The zero-order valence-corrected chi connectivity index (χ0v) is 12.0. The van der Waals surface area contributed by atoms with Gasteiger partial charge in [0, 0.05) is 12.5 Å². The van der Waals surface area contributed by atoms with E-state index in [-0.39, 0.29) is 19.5 Å². The number of hydrogen-bond donors (Lipinski definition) is 1. The lowest BCUT2D eigenvalue weighted by Crippen LogP contribution is -2.43. The fourth-order valence-electron chi connectivity index (χ4n) is 2.80. The molecule has 6 heteroatoms. The molecule has 0 aromatic heterocycles. The average Bonchev–Trinajstić information content (AvgIpc) is 2.46. The van der Waals surface area contributed by atoms with Crippen LogP contribution in [0.4, 0.5) is 4.79 Å². The van der Waals surface area contributed by atoms with Crippen molar-refractivity contribution in [3.63, 3.8) is 0 Å². The monoisotopic (exact) mass is 288 g/mol. The van der Waals surface area contributed by atoms with Crippen LogP contribution >= 0.6 is 0 Å². The normalized spacial score (nSPS) is 34.6. The van der Waals surface area contributed by atoms with E-state index in [4.69, 9.17) is 19.3 Å². The van der Waals surface area contributed by atoms with Gasteiger partial charge in [-0.05, 0) is 32.1 Å². The standard InChI is InChI=1S/C14H24O6/c1-2-7-17-11-5-3-10(4-6-11)13-18-8-12(9-19-13)20-14(15)16/h10-13H,2-9H2,1H3,(H,15,16). The van der Waals surface area contributed by atoms with Gasteiger partial charge in [-0.25, -0.2) is 4.79 Å². The maximum atomic E-state index is 10.4. The zero-order valence-electron chi connectivity index (χ0n) is 12.0. The van der Waals surface area contributed by atoms with Gasteiger partial charge in [0.25, 0.3) is 0 Å². The third-order valence-corrected chi connectivity index (χ3v) is 3.82. The summed E-state index contributed by atoms with van der Waals surface area (Å²) in [4.78, 5) is 10.4. The number of rotatable bonds is 5. The summed E-state index contributed by atoms with van der Waals surface area (Å²) in [5, 5.41) is 8.53. The molecule has 116 valence electrons. The Morgan fingerprint density at radius 2 is 1.80 bits per heavy atom. The Labute approximate surface area is 119 Å². The minimum Gasteiger partial charge on any atom is -0.450 e. The van der Waals surface area contributed by atoms with Gasteiger partial charge in [0.05, 0.1) is 19.3 Å². The van der Waals surface area contributed by atoms with E-state index < -0.39 is 12.3 Å². The first-order valence-electron chi connectivity index (χ1n) is 7.43. The van der Waals surface area contributed by atoms with Crippen LogP contribution < -0.4 is 0 Å². The molecule has 0 amide bonds. The summed E-state index contributed by atoms with van der Waals surface area (Å²) in [6.45, 7) is 3.51. The molecule has 1 aliphatic carbocycles. The van der Waals surface area contributed by atoms with Crippen LogP contribution in [0.3, 0.4) is 0 Å². The van der Waals surface area contributed by atoms with Gasteiger partial charge in [-0.2, -0.15) is 0 Å². The molecule has 0 unspecified atom stereocenters. The lowest BCUT2D eigenvalue weighted by Gasteiger charge is -2.37. The number of hydrogen-bond acceptors (Lipinski definition) is 5. The highest BCUT2D eigenvalue weighted by atomic mass is 16.7. The minimum atomic E-state index is -1.28. The molecule has 6 nitrogen and oxygen atoms in total. The summed E-state index contributed by atoms with van der Waals surface area (Å²) in [5.74, 6) is 0.377. The zero-order chi connectivity index (χ0) is 14.4. The molecule has 20 heavy (non-hydrogen) atoms. The van der Waals surface area contributed by atoms with Crippen molar-refractivity contribution in [3.05, 3.63) is 0 Å². The van der Waals surface area contributed by atoms with Crippen molar-refractivity contribution in [2.45, 2.75) is 57.5 Å². The van der Waals surface area contributed by atoms with Gasteiger partial charge in [-0.1, -0.05) is 6.92 Å². The Kier molecular flexibility index (Phi) is 6.06. The molecule has 1 saturated heterocycles. The van der Waals surface area contributed by atoms with Crippen LogP contribution in [0.1, 0.15) is 39.0 Å². The number of carbonyl (C=O) groups is 1. The summed E-state index contributed by atoms with van der Waals surface area (Å²) in [7, 11) is 0. The highest BCUT2D eigenvalue weighted by Gasteiger charge is 2.33. The quantitative estimate of drug-likeness (QED) is 0.783. The van der Waals surface area contributed by atoms with E-state index in [0.29, 0.717) is 12.0 Å². The third kappa shape index (κ3) is 4.61. The first-order chi connectivity index (χ1) is 9.69. The Morgan fingerprint density at radius 1 is 1.15 bits per heavy atom. The first-order valence-corrected chi connectivity index (χ1v) is 7.43. The predicted octanol–water partition coefficient (Wildman–Crippen LogP) is 2.41. The molecule has 1 saturated carbocycles. The summed E-state index contributed by atoms with van der Waals surface area (Å²) in [5.41, 5.74) is 0. The van der Waals surface area contributed by atoms with Crippen LogP contribution in [0.25, 0.3) is 0 Å². The summed E-state index contributed by atoms with van der Waals surface area (Å²) >= 11 is 0. The van der Waals surface area contributed by atoms with Gasteiger partial charge in [0.1, 0.15) is 0 Å². The first kappa shape index (κ1) is 15.5. The van der Waals surface area contributed by atoms with Crippen molar-refractivity contribution in [1.29, 1.82) is 0 Å². The molecule has 2 rings (SSSR count). The molecule has 1 aliphatic heterocycles. The molecule has 0 spiro atoms. The van der Waals surface area contributed by atoms with Crippen LogP contribution in [0, 0.1) is 5.92 Å². The van der Waals surface area contributed by atoms with Crippen molar-refractivity contribution in [2.75, 3.05) is 19.8 Å². The largest absolute Gasteiger partial charge is 0.506 e. The summed E-state index contributed by atoms with van der Waals surface area (Å²) < 4.78 is 21.6. The fourth-order valence-corrected chi connectivity index (χ4v) is 2.80. The second kappa shape index (κ2) is 7.81. The van der Waals surface area contributed by atoms with Gasteiger partial charge < -0.3 is 24.1 Å². The second-order valence-electron chi connectivity index (χ2n) is 5.45. The number of ether oxygens (including phenoxy) is 4. The fraction of sp³-hybridized carbons (Fsp3) is 0.929. The van der Waals surface area contributed by atoms with Crippen molar-refractivity contribution in [2.24, 2.45) is 5.92 Å². The lowest BCUT2D eigenvalue weighted by molar-refractivity contribution is -0.244.